The first-order valence-electron chi connectivity index (χ1n) is 7.16. The largest absolute Gasteiger partial charge is 0.337 e. The Balaban J connectivity index is 1.98. The summed E-state index contributed by atoms with van der Waals surface area (Å²) < 4.78 is 1.60. The van der Waals surface area contributed by atoms with Crippen LogP contribution in [0.15, 0.2) is 18.5 Å². The van der Waals surface area contributed by atoms with Crippen LogP contribution in [0.1, 0.15) is 26.7 Å². The third kappa shape index (κ3) is 3.10. The first-order chi connectivity index (χ1) is 10.2. The molecule has 2 aromatic heterocycles. The summed E-state index contributed by atoms with van der Waals surface area (Å²) in [5, 5.41) is 4.16. The van der Waals surface area contributed by atoms with Crippen molar-refractivity contribution in [1.29, 1.82) is 0 Å². The molecule has 0 spiro atoms. The molecule has 0 amide bonds. The fraction of sp³-hybridized carbons (Fsp3) is 0.538. The van der Waals surface area contributed by atoms with Crippen molar-refractivity contribution in [2.45, 2.75) is 32.7 Å². The second kappa shape index (κ2) is 5.65. The lowest BCUT2D eigenvalue weighted by atomic mass is 10.2. The smallest absolute Gasteiger partial charge is 0.257 e. The average molecular weight is 288 g/mol. The number of rotatable bonds is 6. The maximum Gasteiger partial charge on any atom is 0.257 e. The van der Waals surface area contributed by atoms with Gasteiger partial charge in [0.05, 0.1) is 0 Å². The van der Waals surface area contributed by atoms with E-state index in [1.165, 1.54) is 12.8 Å². The second-order valence-electron chi connectivity index (χ2n) is 5.63. The Kier molecular flexibility index (Phi) is 3.70. The van der Waals surface area contributed by atoms with E-state index in [4.69, 9.17) is 5.84 Å². The third-order valence-electron chi connectivity index (χ3n) is 3.26. The van der Waals surface area contributed by atoms with Crippen LogP contribution in [0.3, 0.4) is 0 Å². The van der Waals surface area contributed by atoms with Gasteiger partial charge in [-0.15, -0.1) is 0 Å². The summed E-state index contributed by atoms with van der Waals surface area (Å²) in [5.74, 6) is 7.48. The maximum absolute atomic E-state index is 5.48. The Morgan fingerprint density at radius 1 is 1.38 bits per heavy atom. The number of hydrogen-bond acceptors (Lipinski definition) is 7. The molecule has 3 N–H and O–H groups in total. The van der Waals surface area contributed by atoms with E-state index in [1.807, 2.05) is 6.07 Å². The highest BCUT2D eigenvalue weighted by molar-refractivity contribution is 5.41. The molecule has 1 aliphatic carbocycles. The number of nitrogens with zero attached hydrogens (tertiary/aromatic N) is 6. The highest BCUT2D eigenvalue weighted by Gasteiger charge is 2.32. The number of nitrogens with two attached hydrogens (primary N) is 1. The topological polar surface area (TPSA) is 97.8 Å². The van der Waals surface area contributed by atoms with Crippen molar-refractivity contribution in [2.24, 2.45) is 11.8 Å². The summed E-state index contributed by atoms with van der Waals surface area (Å²) in [6, 6.07) is 2.34. The molecular weight excluding hydrogens is 268 g/mol. The van der Waals surface area contributed by atoms with Crippen molar-refractivity contribution in [3.05, 3.63) is 18.5 Å². The minimum atomic E-state index is 0.347. The average Bonchev–Trinajstić information content (AvgIpc) is 3.17. The van der Waals surface area contributed by atoms with Crippen LogP contribution in [-0.4, -0.2) is 37.3 Å². The van der Waals surface area contributed by atoms with Gasteiger partial charge in [-0.3, -0.25) is 5.43 Å². The number of nitrogens with one attached hydrogen (secondary N) is 1. The Morgan fingerprint density at radius 3 is 2.76 bits per heavy atom. The van der Waals surface area contributed by atoms with Gasteiger partial charge in [0.2, 0.25) is 11.9 Å². The Labute approximate surface area is 123 Å². The third-order valence-corrected chi connectivity index (χ3v) is 3.26. The summed E-state index contributed by atoms with van der Waals surface area (Å²) in [7, 11) is 0. The van der Waals surface area contributed by atoms with Gasteiger partial charge in [0, 0.05) is 25.0 Å². The van der Waals surface area contributed by atoms with Crippen LogP contribution in [0.4, 0.5) is 11.9 Å². The SMILES string of the molecule is CC(C)CN(c1nc(NN)nc(-n2cccn2)n1)C1CC1. The van der Waals surface area contributed by atoms with Gasteiger partial charge in [-0.05, 0) is 24.8 Å². The number of anilines is 2. The van der Waals surface area contributed by atoms with Crippen molar-refractivity contribution < 1.29 is 0 Å². The van der Waals surface area contributed by atoms with Crippen molar-refractivity contribution in [3.8, 4) is 5.95 Å². The minimum absolute atomic E-state index is 0.347. The van der Waals surface area contributed by atoms with Crippen molar-refractivity contribution in [1.82, 2.24) is 24.7 Å². The molecule has 0 saturated heterocycles. The molecule has 8 heteroatoms. The summed E-state index contributed by atoms with van der Waals surface area (Å²) >= 11 is 0. The highest BCUT2D eigenvalue weighted by Crippen LogP contribution is 2.31. The van der Waals surface area contributed by atoms with Crippen LogP contribution < -0.4 is 16.2 Å². The van der Waals surface area contributed by atoms with Gasteiger partial charge in [0.1, 0.15) is 0 Å². The molecule has 1 saturated carbocycles. The van der Waals surface area contributed by atoms with Crippen LogP contribution in [0.2, 0.25) is 0 Å². The van der Waals surface area contributed by atoms with Gasteiger partial charge >= 0.3 is 0 Å². The first kappa shape index (κ1) is 13.7. The predicted molar refractivity (Wildman–Crippen MR) is 80.0 cm³/mol. The monoisotopic (exact) mass is 288 g/mol. The lowest BCUT2D eigenvalue weighted by Gasteiger charge is -2.24. The molecule has 0 bridgehead atoms. The number of hydrogen-bond donors (Lipinski definition) is 2. The molecule has 0 aliphatic heterocycles. The van der Waals surface area contributed by atoms with Gasteiger partial charge < -0.3 is 4.90 Å². The fourth-order valence-corrected chi connectivity index (χ4v) is 2.21. The summed E-state index contributed by atoms with van der Waals surface area (Å²) in [4.78, 5) is 15.4. The quantitative estimate of drug-likeness (QED) is 0.603. The second-order valence-corrected chi connectivity index (χ2v) is 5.63. The highest BCUT2D eigenvalue weighted by atomic mass is 15.4. The summed E-state index contributed by atoms with van der Waals surface area (Å²) in [6.07, 6.45) is 5.84. The number of aromatic nitrogens is 5. The van der Waals surface area contributed by atoms with E-state index in [-0.39, 0.29) is 0 Å². The Bertz CT molecular complexity index is 590. The van der Waals surface area contributed by atoms with Gasteiger partial charge in [-0.2, -0.15) is 20.1 Å². The van der Waals surface area contributed by atoms with E-state index in [2.05, 4.69) is 44.2 Å². The molecule has 1 aliphatic rings. The van der Waals surface area contributed by atoms with Gasteiger partial charge in [-0.25, -0.2) is 10.5 Å². The minimum Gasteiger partial charge on any atom is -0.337 e. The predicted octanol–water partition coefficient (Wildman–Crippen LogP) is 0.968. The zero-order valence-electron chi connectivity index (χ0n) is 12.3. The van der Waals surface area contributed by atoms with E-state index in [9.17, 15) is 0 Å². The molecule has 1 fully saturated rings. The number of nitrogen functional groups attached to an aromatic ring is 1. The molecule has 8 nitrogen and oxygen atoms in total. The molecule has 0 unspecified atom stereocenters. The first-order valence-corrected chi connectivity index (χ1v) is 7.16. The molecule has 2 heterocycles. The van der Waals surface area contributed by atoms with E-state index >= 15 is 0 Å². The molecule has 112 valence electrons. The standard InChI is InChI=1S/C13H20N8/c1-9(2)8-20(10-4-5-10)12-16-11(19-14)17-13(18-12)21-7-3-6-15-21/h3,6-7,9-10H,4-5,8,14H2,1-2H3,(H,16,17,18,19). The zero-order valence-corrected chi connectivity index (χ0v) is 12.3. The van der Waals surface area contributed by atoms with Gasteiger partial charge in [-0.1, -0.05) is 13.8 Å². The molecule has 0 radical (unpaired) electrons. The zero-order chi connectivity index (χ0) is 14.8. The molecule has 2 aromatic rings. The Hall–Kier alpha value is -2.22. The summed E-state index contributed by atoms with van der Waals surface area (Å²) in [6.45, 7) is 5.29. The Morgan fingerprint density at radius 2 is 2.19 bits per heavy atom. The van der Waals surface area contributed by atoms with Crippen LogP contribution >= 0.6 is 0 Å². The van der Waals surface area contributed by atoms with Crippen LogP contribution in [0, 0.1) is 5.92 Å². The fourth-order valence-electron chi connectivity index (χ4n) is 2.21. The normalized spacial score (nSPS) is 14.5. The van der Waals surface area contributed by atoms with Crippen LogP contribution in [0.5, 0.6) is 0 Å². The lowest BCUT2D eigenvalue weighted by molar-refractivity contribution is 0.594. The molecule has 21 heavy (non-hydrogen) atoms. The van der Waals surface area contributed by atoms with E-state index < -0.39 is 0 Å². The number of hydrazine groups is 1. The van der Waals surface area contributed by atoms with Crippen LogP contribution in [-0.2, 0) is 0 Å². The maximum atomic E-state index is 5.48. The van der Waals surface area contributed by atoms with E-state index in [0.717, 1.165) is 6.54 Å². The van der Waals surface area contributed by atoms with E-state index in [1.54, 1.807) is 17.1 Å². The molecular formula is C13H20N8. The van der Waals surface area contributed by atoms with Gasteiger partial charge in [0.25, 0.3) is 5.95 Å². The van der Waals surface area contributed by atoms with Crippen molar-refractivity contribution in [3.63, 3.8) is 0 Å². The van der Waals surface area contributed by atoms with Crippen molar-refractivity contribution in [2.75, 3.05) is 16.9 Å². The summed E-state index contributed by atoms with van der Waals surface area (Å²) in [5.41, 5.74) is 2.51. The van der Waals surface area contributed by atoms with E-state index in [0.29, 0.717) is 29.8 Å². The molecule has 0 atom stereocenters. The molecule has 0 aromatic carbocycles. The lowest BCUT2D eigenvalue weighted by Crippen LogP contribution is -2.32. The van der Waals surface area contributed by atoms with Gasteiger partial charge in [0.15, 0.2) is 0 Å². The molecule has 3 rings (SSSR count). The van der Waals surface area contributed by atoms with Crippen molar-refractivity contribution >= 4 is 11.9 Å². The van der Waals surface area contributed by atoms with Crippen LogP contribution in [0.25, 0.3) is 5.95 Å².